The standard InChI is InChI=1S/C42H42N4O4/c1-8-28-9-11-29(12-10-28)13-14-31-26(4)36-22-37-27(5)33(16-18-42(48)50-7)40(46-37)23-39-32(15-17-41(47)49-6)25(3)35(44-39)20-30-19-24(2)34(43-30)21-38(31)45-36/h8-14,19-23,43,45H,1,15-18H2,2-7H3/b14-13+,30-20?,34-21?,35-20?,36-22?,37-22?,38-21?,39-23?,40-23?. The highest BCUT2D eigenvalue weighted by atomic mass is 16.5. The number of fused-ring (bicyclic) bond motifs is 8. The Morgan fingerprint density at radius 1 is 0.680 bits per heavy atom. The van der Waals surface area contributed by atoms with Gasteiger partial charge in [-0.05, 0) is 115 Å². The first kappa shape index (κ1) is 34.1. The van der Waals surface area contributed by atoms with Crippen LogP contribution >= 0.6 is 0 Å². The van der Waals surface area contributed by atoms with Gasteiger partial charge in [-0.3, -0.25) is 9.59 Å². The Labute approximate surface area is 292 Å². The van der Waals surface area contributed by atoms with Crippen LogP contribution in [0.4, 0.5) is 0 Å². The molecule has 4 aromatic rings. The van der Waals surface area contributed by atoms with Crippen LogP contribution in [0.1, 0.15) is 90.1 Å². The maximum Gasteiger partial charge on any atom is 0.305 e. The number of nitrogens with one attached hydrogen (secondary N) is 2. The van der Waals surface area contributed by atoms with Crippen molar-refractivity contribution in [2.75, 3.05) is 14.2 Å². The van der Waals surface area contributed by atoms with Gasteiger partial charge in [0.2, 0.25) is 0 Å². The van der Waals surface area contributed by atoms with Crippen molar-refractivity contribution in [3.8, 4) is 0 Å². The normalized spacial score (nSPS) is 12.9. The molecule has 8 nitrogen and oxygen atoms in total. The molecule has 2 aliphatic rings. The molecule has 50 heavy (non-hydrogen) atoms. The molecule has 0 radical (unpaired) electrons. The molecule has 3 aromatic heterocycles. The Hall–Kier alpha value is -5.76. The molecule has 254 valence electrons. The van der Waals surface area contributed by atoms with E-state index in [2.05, 4.69) is 85.0 Å². The zero-order chi connectivity index (χ0) is 35.5. The summed E-state index contributed by atoms with van der Waals surface area (Å²) in [7, 11) is 2.80. The number of aromatic nitrogens is 4. The molecule has 2 aliphatic heterocycles. The van der Waals surface area contributed by atoms with Crippen molar-refractivity contribution in [3.63, 3.8) is 0 Å². The Balaban J connectivity index is 1.62. The van der Waals surface area contributed by atoms with Crippen LogP contribution in [0.2, 0.25) is 0 Å². The second kappa shape index (κ2) is 14.4. The summed E-state index contributed by atoms with van der Waals surface area (Å²) in [5.41, 5.74) is 16.2. The van der Waals surface area contributed by atoms with Crippen molar-refractivity contribution < 1.29 is 19.1 Å². The van der Waals surface area contributed by atoms with Crippen molar-refractivity contribution in [2.24, 2.45) is 0 Å². The average molecular weight is 667 g/mol. The molecule has 8 heteroatoms. The van der Waals surface area contributed by atoms with E-state index in [1.54, 1.807) is 0 Å². The smallest absolute Gasteiger partial charge is 0.305 e. The number of aryl methyl sites for hydroxylation is 2. The number of aromatic amines is 2. The second-order valence-corrected chi connectivity index (χ2v) is 12.7. The summed E-state index contributed by atoms with van der Waals surface area (Å²) in [5.74, 6) is -0.561. The lowest BCUT2D eigenvalue weighted by Gasteiger charge is -2.06. The zero-order valence-corrected chi connectivity index (χ0v) is 29.5. The molecular formula is C42H42N4O4. The molecule has 0 spiro atoms. The number of methoxy groups -OCH3 is 2. The summed E-state index contributed by atoms with van der Waals surface area (Å²) >= 11 is 0. The van der Waals surface area contributed by atoms with Crippen LogP contribution in [-0.4, -0.2) is 46.1 Å². The lowest BCUT2D eigenvalue weighted by molar-refractivity contribution is -0.141. The van der Waals surface area contributed by atoms with Gasteiger partial charge in [0.25, 0.3) is 0 Å². The number of carbonyl (C=O) groups excluding carboxylic acids is 2. The van der Waals surface area contributed by atoms with E-state index in [9.17, 15) is 9.59 Å². The van der Waals surface area contributed by atoms with E-state index in [1.807, 2.05) is 32.1 Å². The molecule has 0 saturated carbocycles. The molecule has 0 atom stereocenters. The maximum atomic E-state index is 12.3. The molecule has 0 unspecified atom stereocenters. The lowest BCUT2D eigenvalue weighted by Crippen LogP contribution is -2.01. The van der Waals surface area contributed by atoms with Gasteiger partial charge in [0.05, 0.1) is 37.0 Å². The van der Waals surface area contributed by atoms with Gasteiger partial charge in [0.15, 0.2) is 0 Å². The molecule has 5 heterocycles. The fraction of sp³-hybridized carbons (Fsp3) is 0.238. The molecule has 0 aliphatic carbocycles. The fourth-order valence-corrected chi connectivity index (χ4v) is 6.50. The number of allylic oxidation sites excluding steroid dienone is 4. The molecular weight excluding hydrogens is 624 g/mol. The van der Waals surface area contributed by atoms with Crippen LogP contribution in [0.25, 0.3) is 62.6 Å². The number of carbonyl (C=O) groups is 2. The topological polar surface area (TPSA) is 110 Å². The highest BCUT2D eigenvalue weighted by Crippen LogP contribution is 2.38. The molecule has 2 N–H and O–H groups in total. The first-order valence-corrected chi connectivity index (χ1v) is 16.8. The van der Waals surface area contributed by atoms with Crippen LogP contribution < -0.4 is 0 Å². The molecule has 8 bridgehead atoms. The van der Waals surface area contributed by atoms with E-state index in [-0.39, 0.29) is 24.8 Å². The Kier molecular flexibility index (Phi) is 9.81. The third kappa shape index (κ3) is 7.01. The molecule has 0 saturated heterocycles. The number of rotatable bonds is 9. The van der Waals surface area contributed by atoms with Gasteiger partial charge in [-0.2, -0.15) is 0 Å². The van der Waals surface area contributed by atoms with E-state index in [0.717, 1.165) is 95.0 Å². The monoisotopic (exact) mass is 666 g/mol. The lowest BCUT2D eigenvalue weighted by atomic mass is 9.98. The summed E-state index contributed by atoms with van der Waals surface area (Å²) in [5, 5.41) is 0. The first-order chi connectivity index (χ1) is 24.1. The van der Waals surface area contributed by atoms with Gasteiger partial charge in [-0.1, -0.05) is 49.1 Å². The Morgan fingerprint density at radius 3 is 1.84 bits per heavy atom. The van der Waals surface area contributed by atoms with E-state index < -0.39 is 0 Å². The molecule has 0 fully saturated rings. The van der Waals surface area contributed by atoms with Crippen LogP contribution in [0, 0.1) is 13.8 Å². The average Bonchev–Trinajstić information content (AvgIpc) is 3.80. The summed E-state index contributed by atoms with van der Waals surface area (Å²) in [6, 6.07) is 18.7. The SMILES string of the molecule is C=Cc1ccc(/C=C/c2c(C)c3cc4nc(cc5nc(cc6cc(C)c(cc2[nH]3)[nH]6)C(C)=C5CCC(=O)OC)C(CCC(=O)OC)=C4C)cc1. The van der Waals surface area contributed by atoms with E-state index >= 15 is 0 Å². The van der Waals surface area contributed by atoms with E-state index in [4.69, 9.17) is 19.4 Å². The van der Waals surface area contributed by atoms with Crippen LogP contribution in [0.5, 0.6) is 0 Å². The second-order valence-electron chi connectivity index (χ2n) is 12.7. The molecule has 1 aromatic carbocycles. The number of hydrogen-bond donors (Lipinski definition) is 2. The number of esters is 2. The third-order valence-corrected chi connectivity index (χ3v) is 9.58. The quantitative estimate of drug-likeness (QED) is 0.172. The van der Waals surface area contributed by atoms with Crippen molar-refractivity contribution in [1.82, 2.24) is 19.9 Å². The third-order valence-electron chi connectivity index (χ3n) is 9.58. The van der Waals surface area contributed by atoms with Crippen LogP contribution in [-0.2, 0) is 19.1 Å². The van der Waals surface area contributed by atoms with Gasteiger partial charge in [0, 0.05) is 40.5 Å². The van der Waals surface area contributed by atoms with Gasteiger partial charge in [0.1, 0.15) is 0 Å². The summed E-state index contributed by atoms with van der Waals surface area (Å²) in [6.45, 7) is 12.1. The number of ether oxygens (including phenoxy) is 2. The van der Waals surface area contributed by atoms with Gasteiger partial charge < -0.3 is 19.4 Å². The van der Waals surface area contributed by atoms with E-state index in [1.165, 1.54) is 14.2 Å². The van der Waals surface area contributed by atoms with E-state index in [0.29, 0.717) is 12.8 Å². The summed E-state index contributed by atoms with van der Waals surface area (Å²) in [6.07, 6.45) is 7.51. The number of benzene rings is 1. The highest BCUT2D eigenvalue weighted by Gasteiger charge is 2.22. The number of H-pyrrole nitrogens is 2. The van der Waals surface area contributed by atoms with Crippen molar-refractivity contribution >= 4 is 74.5 Å². The molecule has 6 rings (SSSR count). The summed E-state index contributed by atoms with van der Waals surface area (Å²) < 4.78 is 9.93. The Morgan fingerprint density at radius 2 is 1.26 bits per heavy atom. The van der Waals surface area contributed by atoms with Crippen molar-refractivity contribution in [2.45, 2.75) is 53.4 Å². The van der Waals surface area contributed by atoms with Crippen molar-refractivity contribution in [1.29, 1.82) is 0 Å². The number of nitrogens with zero attached hydrogens (tertiary/aromatic N) is 2. The summed E-state index contributed by atoms with van der Waals surface area (Å²) in [4.78, 5) is 41.9. The van der Waals surface area contributed by atoms with Gasteiger partial charge in [-0.25, -0.2) is 9.97 Å². The van der Waals surface area contributed by atoms with Crippen molar-refractivity contribution in [3.05, 3.63) is 112 Å². The Bertz CT molecular complexity index is 2280. The largest absolute Gasteiger partial charge is 0.469 e. The first-order valence-electron chi connectivity index (χ1n) is 16.8. The van der Waals surface area contributed by atoms with Gasteiger partial charge in [-0.15, -0.1) is 0 Å². The highest BCUT2D eigenvalue weighted by molar-refractivity contribution is 5.97. The van der Waals surface area contributed by atoms with Gasteiger partial charge >= 0.3 is 11.9 Å². The molecule has 0 amide bonds. The maximum absolute atomic E-state index is 12.3. The minimum absolute atomic E-state index is 0.225. The number of hydrogen-bond acceptors (Lipinski definition) is 6. The van der Waals surface area contributed by atoms with Crippen LogP contribution in [0.3, 0.4) is 0 Å². The predicted molar refractivity (Wildman–Crippen MR) is 203 cm³/mol. The fourth-order valence-electron chi connectivity index (χ4n) is 6.50. The van der Waals surface area contributed by atoms with Crippen LogP contribution in [0.15, 0.2) is 61.2 Å². The minimum atomic E-state index is -0.283. The predicted octanol–water partition coefficient (Wildman–Crippen LogP) is 9.51. The zero-order valence-electron chi connectivity index (χ0n) is 29.5. The minimum Gasteiger partial charge on any atom is -0.469 e.